The summed E-state index contributed by atoms with van der Waals surface area (Å²) in [6.45, 7) is 0.319. The van der Waals surface area contributed by atoms with Crippen molar-refractivity contribution in [2.75, 3.05) is 13.7 Å². The summed E-state index contributed by atoms with van der Waals surface area (Å²) in [5.41, 5.74) is 9.58. The Kier molecular flexibility index (Phi) is 7.08. The lowest BCUT2D eigenvalue weighted by molar-refractivity contribution is -0.280. The van der Waals surface area contributed by atoms with Crippen molar-refractivity contribution in [2.24, 2.45) is 5.11 Å². The maximum absolute atomic E-state index is 8.62. The highest BCUT2D eigenvalue weighted by molar-refractivity contribution is 6.67. The second-order valence-electron chi connectivity index (χ2n) is 6.03. The van der Waals surface area contributed by atoms with Crippen molar-refractivity contribution in [3.05, 3.63) is 46.3 Å². The summed E-state index contributed by atoms with van der Waals surface area (Å²) < 4.78 is 27.1. The van der Waals surface area contributed by atoms with Gasteiger partial charge in [-0.1, -0.05) is 70.2 Å². The van der Waals surface area contributed by atoms with Gasteiger partial charge in [-0.25, -0.2) is 0 Å². The molecule has 11 heteroatoms. The Hall–Kier alpha value is -0.800. The Balaban J connectivity index is 1.80. The molecule has 0 N–H and O–H groups in total. The van der Waals surface area contributed by atoms with Crippen molar-refractivity contribution in [1.82, 2.24) is 0 Å². The van der Waals surface area contributed by atoms with Gasteiger partial charge < -0.3 is 23.7 Å². The fourth-order valence-corrected chi connectivity index (χ4v) is 3.37. The minimum atomic E-state index is -1.80. The summed E-state index contributed by atoms with van der Waals surface area (Å²) in [6, 6.07) is 9.61. The van der Waals surface area contributed by atoms with Gasteiger partial charge in [0.1, 0.15) is 18.3 Å². The number of hydrogen-bond acceptors (Lipinski definition) is 6. The topological polar surface area (TPSA) is 94.9 Å². The van der Waals surface area contributed by atoms with Crippen LogP contribution < -0.4 is 0 Å². The Bertz CT molecular complexity index is 671. The minimum absolute atomic E-state index is 0.0128. The van der Waals surface area contributed by atoms with E-state index in [4.69, 9.17) is 64.0 Å². The number of azide groups is 1. The molecule has 8 nitrogen and oxygen atoms in total. The molecule has 2 heterocycles. The maximum Gasteiger partial charge on any atom is 0.240 e. The summed E-state index contributed by atoms with van der Waals surface area (Å²) >= 11 is 17.8. The van der Waals surface area contributed by atoms with Gasteiger partial charge in [0.25, 0.3) is 0 Å². The predicted octanol–water partition coefficient (Wildman–Crippen LogP) is 3.73. The molecule has 0 aromatic heterocycles. The van der Waals surface area contributed by atoms with Crippen molar-refractivity contribution < 1.29 is 23.7 Å². The zero-order chi connectivity index (χ0) is 19.4. The molecule has 0 aliphatic carbocycles. The zero-order valence-corrected chi connectivity index (χ0v) is 16.5. The molecule has 2 aliphatic rings. The van der Waals surface area contributed by atoms with E-state index in [2.05, 4.69) is 10.0 Å². The van der Waals surface area contributed by atoms with Gasteiger partial charge in [-0.15, -0.1) is 0 Å². The van der Waals surface area contributed by atoms with E-state index < -0.39 is 40.8 Å². The molecule has 0 bridgehead atoms. The lowest BCUT2D eigenvalue weighted by Crippen LogP contribution is -2.58. The molecule has 1 aromatic carbocycles. The monoisotopic (exact) mass is 437 g/mol. The Morgan fingerprint density at radius 3 is 2.48 bits per heavy atom. The third kappa shape index (κ3) is 4.98. The molecule has 6 atom stereocenters. The van der Waals surface area contributed by atoms with Crippen molar-refractivity contribution in [3.8, 4) is 0 Å². The summed E-state index contributed by atoms with van der Waals surface area (Å²) in [5, 5.41) is 3.56. The average Bonchev–Trinajstić information content (AvgIpc) is 3.11. The first-order valence-electron chi connectivity index (χ1n) is 8.16. The normalized spacial score (nSPS) is 33.3. The standard InChI is InChI=1S/C16H18Cl3N3O5/c1-23-14-13(24-8-9-5-3-2-4-6-9)12-11(10(25-14)7-21-22-20)26-15(27-12)16(17,18)19/h2-6,10-15H,7-8H2,1H3/t10-,11-,12-,13+,14+,15?/m1/s1. The first kappa shape index (κ1) is 20.9. The molecule has 0 spiro atoms. The molecule has 1 unspecified atom stereocenters. The number of nitrogens with zero attached hydrogens (tertiary/aromatic N) is 3. The van der Waals surface area contributed by atoms with Crippen LogP contribution >= 0.6 is 34.8 Å². The molecule has 27 heavy (non-hydrogen) atoms. The molecule has 0 saturated carbocycles. The number of alkyl halides is 3. The average molecular weight is 439 g/mol. The molecule has 3 rings (SSSR count). The number of methoxy groups -OCH3 is 1. The first-order chi connectivity index (χ1) is 12.9. The van der Waals surface area contributed by atoms with Crippen LogP contribution in [-0.4, -0.2) is 54.4 Å². The highest BCUT2D eigenvalue weighted by Crippen LogP contribution is 2.43. The lowest BCUT2D eigenvalue weighted by atomic mass is 9.98. The predicted molar refractivity (Wildman–Crippen MR) is 98.5 cm³/mol. The SMILES string of the molecule is CO[C@H]1O[C@H](CN=[N+]=[N-])[C@H]2OC(C(Cl)(Cl)Cl)O[C@H]2[C@@H]1OCc1ccccc1. The van der Waals surface area contributed by atoms with Gasteiger partial charge >= 0.3 is 0 Å². The Labute approximate surface area is 171 Å². The smallest absolute Gasteiger partial charge is 0.240 e. The molecule has 1 aromatic rings. The number of rotatable bonds is 6. The molecular formula is C16H18Cl3N3O5. The third-order valence-corrected chi connectivity index (χ3v) is 4.80. The van der Waals surface area contributed by atoms with Gasteiger partial charge in [-0.05, 0) is 11.1 Å². The van der Waals surface area contributed by atoms with Gasteiger partial charge in [0.15, 0.2) is 6.29 Å². The van der Waals surface area contributed by atoms with Crippen molar-refractivity contribution in [3.63, 3.8) is 0 Å². The van der Waals surface area contributed by atoms with Crippen LogP contribution in [0.3, 0.4) is 0 Å². The van der Waals surface area contributed by atoms with E-state index in [9.17, 15) is 0 Å². The van der Waals surface area contributed by atoms with Gasteiger partial charge in [0.2, 0.25) is 10.1 Å². The fourth-order valence-electron chi connectivity index (χ4n) is 3.07. The van der Waals surface area contributed by atoms with Crippen LogP contribution in [0.15, 0.2) is 35.4 Å². The molecule has 0 radical (unpaired) electrons. The molecule has 148 valence electrons. The van der Waals surface area contributed by atoms with E-state index in [-0.39, 0.29) is 6.54 Å². The third-order valence-electron chi connectivity index (χ3n) is 4.26. The Morgan fingerprint density at radius 1 is 1.15 bits per heavy atom. The van der Waals surface area contributed by atoms with E-state index in [1.165, 1.54) is 7.11 Å². The quantitative estimate of drug-likeness (QED) is 0.292. The number of fused-ring (bicyclic) bond motifs is 1. The van der Waals surface area contributed by atoms with Crippen molar-refractivity contribution >= 4 is 34.8 Å². The number of halogens is 3. The fraction of sp³-hybridized carbons (Fsp3) is 0.625. The second kappa shape index (κ2) is 9.13. The number of ether oxygens (including phenoxy) is 5. The molecule has 2 saturated heterocycles. The van der Waals surface area contributed by atoms with Gasteiger partial charge in [-0.3, -0.25) is 0 Å². The van der Waals surface area contributed by atoms with Crippen LogP contribution in [0.25, 0.3) is 10.4 Å². The van der Waals surface area contributed by atoms with Crippen LogP contribution in [0.4, 0.5) is 0 Å². The Morgan fingerprint density at radius 2 is 1.85 bits per heavy atom. The highest BCUT2D eigenvalue weighted by atomic mass is 35.6. The number of benzene rings is 1. The zero-order valence-electron chi connectivity index (χ0n) is 14.3. The second-order valence-corrected chi connectivity index (χ2v) is 8.40. The minimum Gasteiger partial charge on any atom is -0.365 e. The van der Waals surface area contributed by atoms with Gasteiger partial charge in [0.05, 0.1) is 19.3 Å². The first-order valence-corrected chi connectivity index (χ1v) is 9.29. The lowest BCUT2D eigenvalue weighted by Gasteiger charge is -2.41. The summed E-state index contributed by atoms with van der Waals surface area (Å²) in [5.74, 6) is 0. The van der Waals surface area contributed by atoms with Crippen LogP contribution in [-0.2, 0) is 30.3 Å². The summed E-state index contributed by atoms with van der Waals surface area (Å²) in [4.78, 5) is 2.76. The van der Waals surface area contributed by atoms with Crippen LogP contribution in [0.1, 0.15) is 5.56 Å². The van der Waals surface area contributed by atoms with E-state index in [1.54, 1.807) is 0 Å². The van der Waals surface area contributed by atoms with Gasteiger partial charge in [-0.2, -0.15) is 0 Å². The van der Waals surface area contributed by atoms with Gasteiger partial charge in [0, 0.05) is 12.0 Å². The van der Waals surface area contributed by atoms with E-state index in [0.717, 1.165) is 5.56 Å². The van der Waals surface area contributed by atoms with E-state index in [1.807, 2.05) is 30.3 Å². The maximum atomic E-state index is 8.62. The summed E-state index contributed by atoms with van der Waals surface area (Å²) in [6.07, 6.45) is -4.44. The molecule has 2 fully saturated rings. The van der Waals surface area contributed by atoms with Crippen LogP contribution in [0.5, 0.6) is 0 Å². The van der Waals surface area contributed by atoms with E-state index >= 15 is 0 Å². The largest absolute Gasteiger partial charge is 0.365 e. The molecule has 2 aliphatic heterocycles. The van der Waals surface area contributed by atoms with Crippen LogP contribution in [0, 0.1) is 0 Å². The van der Waals surface area contributed by atoms with Crippen molar-refractivity contribution in [1.29, 1.82) is 0 Å². The summed E-state index contributed by atoms with van der Waals surface area (Å²) in [7, 11) is 1.48. The molecule has 0 amide bonds. The number of hydrogen-bond donors (Lipinski definition) is 0. The molecular weight excluding hydrogens is 421 g/mol. The van der Waals surface area contributed by atoms with E-state index in [0.29, 0.717) is 6.61 Å². The highest BCUT2D eigenvalue weighted by Gasteiger charge is 2.57. The van der Waals surface area contributed by atoms with Crippen molar-refractivity contribution in [2.45, 2.75) is 47.4 Å². The van der Waals surface area contributed by atoms with Crippen LogP contribution in [0.2, 0.25) is 0 Å².